The van der Waals surface area contributed by atoms with Crippen LogP contribution in [0.15, 0.2) is 67.4 Å². The van der Waals surface area contributed by atoms with Crippen molar-refractivity contribution in [2.75, 3.05) is 7.11 Å². The van der Waals surface area contributed by atoms with Crippen molar-refractivity contribution in [1.82, 2.24) is 4.98 Å². The van der Waals surface area contributed by atoms with Crippen molar-refractivity contribution >= 4 is 48.6 Å². The van der Waals surface area contributed by atoms with Gasteiger partial charge in [-0.05, 0) is 36.2 Å². The first kappa shape index (κ1) is 20.3. The second-order valence-corrected chi connectivity index (χ2v) is 4.85. The number of rotatable bonds is 3. The molecule has 0 saturated heterocycles. The molecule has 0 unspecified atom stereocenters. The van der Waals surface area contributed by atoms with Crippen molar-refractivity contribution in [3.63, 3.8) is 0 Å². The summed E-state index contributed by atoms with van der Waals surface area (Å²) in [7, 11) is 1.53. The smallest absolute Gasteiger partial charge is 0.160 e. The number of phenolic OH excluding ortho intramolecular Hbond substituents is 2. The van der Waals surface area contributed by atoms with E-state index in [2.05, 4.69) is 11.6 Å². The van der Waals surface area contributed by atoms with Crippen molar-refractivity contribution in [2.45, 2.75) is 6.42 Å². The number of benzene rings is 2. The van der Waals surface area contributed by atoms with Gasteiger partial charge in [0.2, 0.25) is 0 Å². The second kappa shape index (κ2) is 10.2. The van der Waals surface area contributed by atoms with Crippen molar-refractivity contribution in [3.8, 4) is 17.2 Å². The van der Waals surface area contributed by atoms with Crippen LogP contribution in [0, 0.1) is 0 Å². The minimum absolute atomic E-state index is 0. The van der Waals surface area contributed by atoms with Gasteiger partial charge in [0, 0.05) is 49.3 Å². The fraction of sp³-hybridized carbons (Fsp3) is 0.105. The topological polar surface area (TPSA) is 62.6 Å². The maximum atomic E-state index is 9.31. The van der Waals surface area contributed by atoms with Crippen LogP contribution in [-0.2, 0) is 6.42 Å². The first-order valence-electron chi connectivity index (χ1n) is 7.15. The zero-order chi connectivity index (χ0) is 16.7. The van der Waals surface area contributed by atoms with E-state index in [1.807, 2.05) is 30.3 Å². The molecule has 120 valence electrons. The van der Waals surface area contributed by atoms with Gasteiger partial charge in [-0.1, -0.05) is 30.3 Å². The van der Waals surface area contributed by atoms with Gasteiger partial charge in [-0.3, -0.25) is 4.98 Å². The van der Waals surface area contributed by atoms with Gasteiger partial charge in [0.25, 0.3) is 0 Å². The maximum Gasteiger partial charge on any atom is 0.160 e. The van der Waals surface area contributed by atoms with Crippen molar-refractivity contribution < 1.29 is 14.9 Å². The summed E-state index contributed by atoms with van der Waals surface area (Å²) in [5.74, 6) is 0.919. The van der Waals surface area contributed by atoms with Gasteiger partial charge in [-0.2, -0.15) is 0 Å². The Kier molecular flexibility index (Phi) is 8.61. The fourth-order valence-electron chi connectivity index (χ4n) is 2.10. The number of nitrogens with zero attached hydrogens (tertiary/aromatic N) is 1. The molecule has 2 radical (unpaired) electrons. The number of aromatic hydroxyl groups is 2. The Morgan fingerprint density at radius 3 is 2.50 bits per heavy atom. The Balaban J connectivity index is 0.000000231. The molecule has 24 heavy (non-hydrogen) atoms. The zero-order valence-corrected chi connectivity index (χ0v) is 15.9. The number of hydrogen-bond donors (Lipinski definition) is 2. The average molecular weight is 349 g/mol. The molecule has 2 N–H and O–H groups in total. The summed E-state index contributed by atoms with van der Waals surface area (Å²) < 4.78 is 4.95. The van der Waals surface area contributed by atoms with Crippen LogP contribution in [0.2, 0.25) is 0 Å². The van der Waals surface area contributed by atoms with E-state index in [0.717, 1.165) is 17.4 Å². The molecule has 1 heterocycles. The Bertz CT molecular complexity index is 800. The predicted molar refractivity (Wildman–Crippen MR) is 97.7 cm³/mol. The van der Waals surface area contributed by atoms with E-state index in [1.54, 1.807) is 30.5 Å². The van der Waals surface area contributed by atoms with Gasteiger partial charge in [0.15, 0.2) is 11.5 Å². The summed E-state index contributed by atoms with van der Waals surface area (Å²) in [5, 5.41) is 19.5. The molecule has 5 heteroatoms. The fourth-order valence-corrected chi connectivity index (χ4v) is 2.10. The Labute approximate surface area is 171 Å². The summed E-state index contributed by atoms with van der Waals surface area (Å²) >= 11 is 0. The molecular weight excluding hydrogens is 330 g/mol. The molecule has 4 nitrogen and oxygen atoms in total. The monoisotopic (exact) mass is 349 g/mol. The van der Waals surface area contributed by atoms with Crippen LogP contribution in [0.25, 0.3) is 10.9 Å². The van der Waals surface area contributed by atoms with Crippen LogP contribution in [-0.4, -0.2) is 60.0 Å². The van der Waals surface area contributed by atoms with E-state index in [9.17, 15) is 10.2 Å². The quantitative estimate of drug-likeness (QED) is 0.559. The van der Waals surface area contributed by atoms with Gasteiger partial charge in [-0.15, -0.1) is 6.58 Å². The van der Waals surface area contributed by atoms with E-state index < -0.39 is 0 Å². The molecule has 0 aliphatic rings. The van der Waals surface area contributed by atoms with Crippen LogP contribution in [0.3, 0.4) is 0 Å². The summed E-state index contributed by atoms with van der Waals surface area (Å²) in [6, 6.07) is 14.4. The Hall–Kier alpha value is -1.75. The molecule has 2 aromatic carbocycles. The van der Waals surface area contributed by atoms with Gasteiger partial charge in [-0.25, -0.2) is 0 Å². The van der Waals surface area contributed by atoms with E-state index in [4.69, 9.17) is 4.74 Å². The van der Waals surface area contributed by atoms with Gasteiger partial charge < -0.3 is 14.9 Å². The predicted octanol–water partition coefficient (Wildman–Crippen LogP) is 3.69. The van der Waals surface area contributed by atoms with E-state index in [-0.39, 0.29) is 49.2 Å². The number of hydrogen-bond acceptors (Lipinski definition) is 4. The van der Waals surface area contributed by atoms with Crippen LogP contribution in [0.5, 0.6) is 17.2 Å². The summed E-state index contributed by atoms with van der Waals surface area (Å²) in [4.78, 5) is 4.03. The Morgan fingerprint density at radius 1 is 1.08 bits per heavy atom. The Morgan fingerprint density at radius 2 is 1.83 bits per heavy atom. The number of methoxy groups -OCH3 is 1. The average Bonchev–Trinajstić information content (AvgIpc) is 2.58. The molecule has 1 aromatic heterocycles. The molecule has 0 amide bonds. The summed E-state index contributed by atoms with van der Waals surface area (Å²) in [6.07, 6.45) is 4.27. The molecule has 0 atom stereocenters. The molecule has 0 bridgehead atoms. The normalized spacial score (nSPS) is 9.38. The molecular formula is C19H19CaNO3. The number of pyridine rings is 1. The minimum Gasteiger partial charge on any atom is -0.506 e. The van der Waals surface area contributed by atoms with Crippen LogP contribution >= 0.6 is 0 Å². The zero-order valence-electron chi connectivity index (χ0n) is 13.6. The summed E-state index contributed by atoms with van der Waals surface area (Å²) in [5.41, 5.74) is 1.75. The molecule has 0 saturated carbocycles. The first-order chi connectivity index (χ1) is 11.2. The van der Waals surface area contributed by atoms with Crippen LogP contribution < -0.4 is 4.74 Å². The minimum atomic E-state index is 0. The van der Waals surface area contributed by atoms with Crippen molar-refractivity contribution in [3.05, 3.63) is 72.9 Å². The summed E-state index contributed by atoms with van der Waals surface area (Å²) in [6.45, 7) is 3.63. The standard InChI is InChI=1S/C10H12O2.C9H7NO.Ca/c1-3-4-8-5-6-9(11)10(7-8)12-2;11-8-5-1-3-7-4-2-6-10-9(7)8;/h3,5-7,11H,1,4H2,2H3;1-6,11H;. The molecule has 3 rings (SSSR count). The molecule has 0 spiro atoms. The number of ether oxygens (including phenoxy) is 1. The SMILES string of the molecule is C=CCc1ccc(O)c(OC)c1.Oc1cccc2cccnc12.[Ca]. The maximum absolute atomic E-state index is 9.31. The third-order valence-electron chi connectivity index (χ3n) is 3.24. The third-order valence-corrected chi connectivity index (χ3v) is 3.24. The van der Waals surface area contributed by atoms with Gasteiger partial charge in [0.05, 0.1) is 7.11 Å². The number of allylic oxidation sites excluding steroid dienone is 1. The third kappa shape index (κ3) is 5.41. The molecule has 0 aliphatic heterocycles. The second-order valence-electron chi connectivity index (χ2n) is 4.85. The molecule has 0 aliphatic carbocycles. The van der Waals surface area contributed by atoms with Gasteiger partial charge in [0.1, 0.15) is 11.3 Å². The van der Waals surface area contributed by atoms with Crippen LogP contribution in [0.1, 0.15) is 5.56 Å². The van der Waals surface area contributed by atoms with Crippen molar-refractivity contribution in [2.24, 2.45) is 0 Å². The van der Waals surface area contributed by atoms with Crippen molar-refractivity contribution in [1.29, 1.82) is 0 Å². The van der Waals surface area contributed by atoms with E-state index in [0.29, 0.717) is 11.3 Å². The number of para-hydroxylation sites is 1. The van der Waals surface area contributed by atoms with E-state index in [1.165, 1.54) is 7.11 Å². The van der Waals surface area contributed by atoms with Gasteiger partial charge >= 0.3 is 0 Å². The number of fused-ring (bicyclic) bond motifs is 1. The molecule has 3 aromatic rings. The number of aromatic nitrogens is 1. The molecule has 0 fully saturated rings. The van der Waals surface area contributed by atoms with Crippen LogP contribution in [0.4, 0.5) is 0 Å². The first-order valence-corrected chi connectivity index (χ1v) is 7.15. The number of phenols is 2. The largest absolute Gasteiger partial charge is 0.506 e. The van der Waals surface area contributed by atoms with E-state index >= 15 is 0 Å².